The van der Waals surface area contributed by atoms with Crippen LogP contribution in [0.5, 0.6) is 17.2 Å². The van der Waals surface area contributed by atoms with E-state index in [2.05, 4.69) is 18.7 Å². The van der Waals surface area contributed by atoms with Crippen LogP contribution in [0.3, 0.4) is 0 Å². The van der Waals surface area contributed by atoms with Gasteiger partial charge in [-0.25, -0.2) is 0 Å². The molecule has 5 nitrogen and oxygen atoms in total. The van der Waals surface area contributed by atoms with Crippen molar-refractivity contribution in [3.8, 4) is 17.2 Å². The molecule has 2 aliphatic heterocycles. The van der Waals surface area contributed by atoms with Crippen LogP contribution >= 0.6 is 0 Å². The van der Waals surface area contributed by atoms with Crippen LogP contribution in [-0.2, 0) is 5.41 Å². The van der Waals surface area contributed by atoms with E-state index in [9.17, 15) is 10.2 Å². The van der Waals surface area contributed by atoms with E-state index in [0.29, 0.717) is 5.75 Å². The van der Waals surface area contributed by atoms with Crippen LogP contribution in [0, 0.1) is 0 Å². The highest BCUT2D eigenvalue weighted by atomic mass is 16.5. The SMILES string of the molecule is CN1c2ccc(O)cc2C(C)(C)C12C=Nc1c(ccc3ccc(O)cc13)O2. The molecule has 2 heterocycles. The minimum absolute atomic E-state index is 0.201. The second-order valence-corrected chi connectivity index (χ2v) is 7.76. The summed E-state index contributed by atoms with van der Waals surface area (Å²) in [6, 6.07) is 14.5. The van der Waals surface area contributed by atoms with Crippen molar-refractivity contribution < 1.29 is 14.9 Å². The highest BCUT2D eigenvalue weighted by molar-refractivity contribution is 6.00. The van der Waals surface area contributed by atoms with Crippen molar-refractivity contribution in [3.63, 3.8) is 0 Å². The lowest BCUT2D eigenvalue weighted by molar-refractivity contribution is 0.0826. The molecule has 1 unspecified atom stereocenters. The lowest BCUT2D eigenvalue weighted by Gasteiger charge is -2.44. The smallest absolute Gasteiger partial charge is 0.228 e. The van der Waals surface area contributed by atoms with Crippen molar-refractivity contribution >= 4 is 28.4 Å². The van der Waals surface area contributed by atoms with Gasteiger partial charge in [-0.05, 0) is 61.2 Å². The molecule has 5 rings (SSSR count). The van der Waals surface area contributed by atoms with E-state index >= 15 is 0 Å². The molecule has 3 aromatic rings. The van der Waals surface area contributed by atoms with Gasteiger partial charge in [0.2, 0.25) is 5.72 Å². The fourth-order valence-corrected chi connectivity index (χ4v) is 4.39. The first-order chi connectivity index (χ1) is 12.8. The van der Waals surface area contributed by atoms with Crippen LogP contribution in [0.25, 0.3) is 10.8 Å². The Morgan fingerprint density at radius 2 is 1.67 bits per heavy atom. The molecule has 0 saturated carbocycles. The molecule has 27 heavy (non-hydrogen) atoms. The van der Waals surface area contributed by atoms with Gasteiger partial charge in [-0.2, -0.15) is 0 Å². The van der Waals surface area contributed by atoms with E-state index < -0.39 is 11.1 Å². The number of benzene rings is 3. The quantitative estimate of drug-likeness (QED) is 0.621. The van der Waals surface area contributed by atoms with Gasteiger partial charge in [-0.1, -0.05) is 12.1 Å². The average Bonchev–Trinajstić information content (AvgIpc) is 2.80. The van der Waals surface area contributed by atoms with Crippen molar-refractivity contribution in [3.05, 3.63) is 54.1 Å². The summed E-state index contributed by atoms with van der Waals surface area (Å²) < 4.78 is 6.59. The second-order valence-electron chi connectivity index (χ2n) is 7.76. The van der Waals surface area contributed by atoms with Crippen LogP contribution in [-0.4, -0.2) is 29.2 Å². The number of rotatable bonds is 0. The maximum absolute atomic E-state index is 9.99. The third kappa shape index (κ3) is 1.91. The summed E-state index contributed by atoms with van der Waals surface area (Å²) in [5, 5.41) is 21.7. The molecule has 1 atom stereocenters. The molecule has 0 radical (unpaired) electrons. The van der Waals surface area contributed by atoms with Crippen LogP contribution in [0.1, 0.15) is 19.4 Å². The Kier molecular flexibility index (Phi) is 2.93. The minimum Gasteiger partial charge on any atom is -0.508 e. The van der Waals surface area contributed by atoms with E-state index in [1.165, 1.54) is 0 Å². The largest absolute Gasteiger partial charge is 0.508 e. The summed E-state index contributed by atoms with van der Waals surface area (Å²) in [5.41, 5.74) is 1.49. The van der Waals surface area contributed by atoms with Gasteiger partial charge in [-0.3, -0.25) is 4.99 Å². The van der Waals surface area contributed by atoms with Crippen molar-refractivity contribution in [2.24, 2.45) is 4.99 Å². The van der Waals surface area contributed by atoms with Crippen LogP contribution in [0.2, 0.25) is 0 Å². The van der Waals surface area contributed by atoms with E-state index in [1.54, 1.807) is 24.3 Å². The summed E-state index contributed by atoms with van der Waals surface area (Å²) in [5.74, 6) is 1.11. The van der Waals surface area contributed by atoms with Crippen molar-refractivity contribution in [1.82, 2.24) is 0 Å². The molecule has 0 saturated heterocycles. The Balaban J connectivity index is 1.71. The summed E-state index contributed by atoms with van der Waals surface area (Å²) in [4.78, 5) is 6.85. The van der Waals surface area contributed by atoms with Gasteiger partial charge in [0, 0.05) is 18.1 Å². The monoisotopic (exact) mass is 360 g/mol. The first kappa shape index (κ1) is 16.0. The zero-order valence-electron chi connectivity index (χ0n) is 15.4. The zero-order chi connectivity index (χ0) is 19.0. The number of hydrogen-bond donors (Lipinski definition) is 2. The number of ether oxygens (including phenoxy) is 1. The number of phenolic OH excluding ortho intramolecular Hbond substituents is 2. The van der Waals surface area contributed by atoms with Gasteiger partial charge in [0.15, 0.2) is 0 Å². The molecule has 1 spiro atoms. The standard InChI is InChI=1S/C22H20N2O3/c1-21(2)17-11-15(26)7-8-18(17)24(3)22(21)12-23-20-16-10-14(25)6-4-13(16)5-9-19(20)27-22/h4-12,25-26H,1-3H3. The molecule has 0 aromatic heterocycles. The highest BCUT2D eigenvalue weighted by Crippen LogP contribution is 2.54. The molecule has 0 bridgehead atoms. The van der Waals surface area contributed by atoms with E-state index in [1.807, 2.05) is 37.5 Å². The summed E-state index contributed by atoms with van der Waals surface area (Å²) in [6.45, 7) is 4.19. The van der Waals surface area contributed by atoms with Gasteiger partial charge in [0.05, 0.1) is 11.6 Å². The third-order valence-electron chi connectivity index (χ3n) is 5.98. The number of aromatic hydroxyl groups is 2. The van der Waals surface area contributed by atoms with Gasteiger partial charge < -0.3 is 19.8 Å². The van der Waals surface area contributed by atoms with E-state index in [-0.39, 0.29) is 11.5 Å². The van der Waals surface area contributed by atoms with Crippen LogP contribution in [0.15, 0.2) is 53.5 Å². The molecular weight excluding hydrogens is 340 g/mol. The maximum atomic E-state index is 9.99. The lowest BCUT2D eigenvalue weighted by Crippen LogP contribution is -2.61. The van der Waals surface area contributed by atoms with Crippen molar-refractivity contribution in [1.29, 1.82) is 0 Å². The Bertz CT molecular complexity index is 1140. The van der Waals surface area contributed by atoms with Gasteiger partial charge >= 0.3 is 0 Å². The maximum Gasteiger partial charge on any atom is 0.228 e. The Morgan fingerprint density at radius 1 is 0.963 bits per heavy atom. The molecule has 136 valence electrons. The topological polar surface area (TPSA) is 65.3 Å². The van der Waals surface area contributed by atoms with E-state index in [4.69, 9.17) is 9.73 Å². The van der Waals surface area contributed by atoms with Crippen LogP contribution < -0.4 is 9.64 Å². The molecule has 0 amide bonds. The summed E-state index contributed by atoms with van der Waals surface area (Å²) in [7, 11) is 1.98. The third-order valence-corrected chi connectivity index (χ3v) is 5.98. The normalized spacial score (nSPS) is 22.0. The lowest BCUT2D eigenvalue weighted by atomic mass is 9.77. The molecule has 5 heteroatoms. The molecular formula is C22H20N2O3. The second kappa shape index (κ2) is 4.94. The Morgan fingerprint density at radius 3 is 2.48 bits per heavy atom. The van der Waals surface area contributed by atoms with Crippen LogP contribution in [0.4, 0.5) is 11.4 Å². The molecule has 2 aliphatic rings. The van der Waals surface area contributed by atoms with Gasteiger partial charge in [0.1, 0.15) is 22.9 Å². The van der Waals surface area contributed by atoms with Crippen molar-refractivity contribution in [2.75, 3.05) is 11.9 Å². The van der Waals surface area contributed by atoms with E-state index in [0.717, 1.165) is 27.7 Å². The van der Waals surface area contributed by atoms with Gasteiger partial charge in [0.25, 0.3) is 0 Å². The molecule has 2 N–H and O–H groups in total. The fourth-order valence-electron chi connectivity index (χ4n) is 4.39. The number of aliphatic imine (C=N–C) groups is 1. The van der Waals surface area contributed by atoms with Crippen molar-refractivity contribution in [2.45, 2.75) is 25.0 Å². The zero-order valence-corrected chi connectivity index (χ0v) is 15.4. The number of fused-ring (bicyclic) bond motifs is 4. The van der Waals surface area contributed by atoms with Gasteiger partial charge in [-0.15, -0.1) is 0 Å². The molecule has 0 fully saturated rings. The first-order valence-corrected chi connectivity index (χ1v) is 8.91. The minimum atomic E-state index is -0.805. The Hall–Kier alpha value is -3.21. The predicted octanol–water partition coefficient (Wildman–Crippen LogP) is 4.47. The average molecular weight is 360 g/mol. The predicted molar refractivity (Wildman–Crippen MR) is 107 cm³/mol. The summed E-state index contributed by atoms with van der Waals surface area (Å²) >= 11 is 0. The number of anilines is 1. The number of nitrogens with zero attached hydrogens (tertiary/aromatic N) is 2. The fraction of sp³-hybridized carbons (Fsp3) is 0.227. The number of hydrogen-bond acceptors (Lipinski definition) is 5. The number of likely N-dealkylation sites (N-methyl/N-ethyl adjacent to an activating group) is 1. The first-order valence-electron chi connectivity index (χ1n) is 8.91. The Labute approximate surface area is 157 Å². The molecule has 3 aromatic carbocycles. The highest BCUT2D eigenvalue weighted by Gasteiger charge is 2.58. The number of phenols is 2. The molecule has 0 aliphatic carbocycles. The summed E-state index contributed by atoms with van der Waals surface area (Å²) in [6.07, 6.45) is 1.84.